The van der Waals surface area contributed by atoms with Crippen LogP contribution in [0.15, 0.2) is 22.7 Å². The number of halogens is 2. The van der Waals surface area contributed by atoms with Crippen molar-refractivity contribution < 1.29 is 4.79 Å². The molecule has 1 aromatic rings. The first-order valence-corrected chi connectivity index (χ1v) is 7.30. The van der Waals surface area contributed by atoms with Gasteiger partial charge >= 0.3 is 0 Å². The lowest BCUT2D eigenvalue weighted by molar-refractivity contribution is 0.0935. The summed E-state index contributed by atoms with van der Waals surface area (Å²) in [5.41, 5.74) is 0.941. The van der Waals surface area contributed by atoms with Gasteiger partial charge in [-0.15, -0.1) is 0 Å². The van der Waals surface area contributed by atoms with Gasteiger partial charge in [0.1, 0.15) is 0 Å². The Hall–Kier alpha value is -0.540. The van der Waals surface area contributed by atoms with Crippen molar-refractivity contribution in [3.05, 3.63) is 33.3 Å². The Morgan fingerprint density at radius 1 is 1.50 bits per heavy atom. The van der Waals surface area contributed by atoms with E-state index < -0.39 is 0 Å². The number of hydrogen-bond acceptors (Lipinski definition) is 1. The van der Waals surface area contributed by atoms with Gasteiger partial charge in [0.2, 0.25) is 0 Å². The summed E-state index contributed by atoms with van der Waals surface area (Å²) in [6, 6.07) is 5.54. The second-order valence-electron chi connectivity index (χ2n) is 5.70. The second-order valence-corrected chi connectivity index (χ2v) is 6.99. The van der Waals surface area contributed by atoms with Crippen molar-refractivity contribution in [2.75, 3.05) is 0 Å². The van der Waals surface area contributed by atoms with Crippen molar-refractivity contribution in [3.8, 4) is 0 Å². The lowest BCUT2D eigenvalue weighted by Gasteiger charge is -2.18. The number of benzene rings is 1. The van der Waals surface area contributed by atoms with Gasteiger partial charge in [-0.1, -0.05) is 25.4 Å². The van der Waals surface area contributed by atoms with E-state index in [1.165, 1.54) is 0 Å². The van der Waals surface area contributed by atoms with E-state index in [-0.39, 0.29) is 11.9 Å². The molecule has 0 bridgehead atoms. The maximum atomic E-state index is 12.2. The number of rotatable bonds is 2. The predicted octanol–water partition coefficient (Wildman–Crippen LogP) is 4.41. The van der Waals surface area contributed by atoms with Crippen LogP contribution in [0.25, 0.3) is 0 Å². The third-order valence-electron chi connectivity index (χ3n) is 3.48. The molecule has 0 spiro atoms. The van der Waals surface area contributed by atoms with Crippen molar-refractivity contribution in [1.82, 2.24) is 5.32 Å². The van der Waals surface area contributed by atoms with E-state index in [9.17, 15) is 4.79 Å². The summed E-state index contributed by atoms with van der Waals surface area (Å²) in [6.07, 6.45) is 3.25. The molecule has 1 N–H and O–H groups in total. The molecule has 0 saturated heterocycles. The van der Waals surface area contributed by atoms with E-state index in [0.29, 0.717) is 16.0 Å². The lowest BCUT2D eigenvalue weighted by atomic mass is 9.92. The van der Waals surface area contributed by atoms with Crippen molar-refractivity contribution in [3.63, 3.8) is 0 Å². The van der Waals surface area contributed by atoms with E-state index in [2.05, 4.69) is 35.1 Å². The molecule has 1 amide bonds. The van der Waals surface area contributed by atoms with Crippen LogP contribution in [0.5, 0.6) is 0 Å². The van der Waals surface area contributed by atoms with Crippen molar-refractivity contribution in [2.24, 2.45) is 5.41 Å². The Labute approximate surface area is 121 Å². The Morgan fingerprint density at radius 2 is 2.22 bits per heavy atom. The van der Waals surface area contributed by atoms with Gasteiger partial charge in [0.25, 0.3) is 5.91 Å². The van der Waals surface area contributed by atoms with E-state index >= 15 is 0 Å². The molecule has 1 fully saturated rings. The largest absolute Gasteiger partial charge is 0.349 e. The smallest absolute Gasteiger partial charge is 0.252 e. The van der Waals surface area contributed by atoms with Crippen LogP contribution in [0.4, 0.5) is 0 Å². The third-order valence-corrected chi connectivity index (χ3v) is 4.40. The molecule has 0 heterocycles. The Morgan fingerprint density at radius 3 is 2.83 bits per heavy atom. The molecule has 18 heavy (non-hydrogen) atoms. The first-order valence-electron chi connectivity index (χ1n) is 6.13. The van der Waals surface area contributed by atoms with Crippen LogP contribution >= 0.6 is 27.5 Å². The third kappa shape index (κ3) is 3.27. The Balaban J connectivity index is 2.06. The van der Waals surface area contributed by atoms with Crippen LogP contribution in [-0.4, -0.2) is 11.9 Å². The highest BCUT2D eigenvalue weighted by atomic mass is 79.9. The summed E-state index contributed by atoms with van der Waals surface area (Å²) in [7, 11) is 0. The molecule has 4 heteroatoms. The van der Waals surface area contributed by atoms with E-state index in [1.54, 1.807) is 18.2 Å². The molecule has 0 radical (unpaired) electrons. The predicted molar refractivity (Wildman–Crippen MR) is 78.0 cm³/mol. The van der Waals surface area contributed by atoms with Crippen LogP contribution in [0, 0.1) is 5.41 Å². The molecule has 1 aromatic carbocycles. The average molecular weight is 331 g/mol. The van der Waals surface area contributed by atoms with Crippen LogP contribution in [0.1, 0.15) is 43.5 Å². The number of carbonyl (C=O) groups excluding carboxylic acids is 1. The highest BCUT2D eigenvalue weighted by Crippen LogP contribution is 2.37. The van der Waals surface area contributed by atoms with Gasteiger partial charge in [-0.25, -0.2) is 0 Å². The fourth-order valence-electron chi connectivity index (χ4n) is 2.49. The zero-order valence-electron chi connectivity index (χ0n) is 10.6. The number of nitrogens with one attached hydrogen (secondary N) is 1. The van der Waals surface area contributed by atoms with Crippen LogP contribution in [0.2, 0.25) is 5.02 Å². The quantitative estimate of drug-likeness (QED) is 0.855. The summed E-state index contributed by atoms with van der Waals surface area (Å²) < 4.78 is 0.779. The Bertz CT molecular complexity index is 473. The molecule has 2 nitrogen and oxygen atoms in total. The summed E-state index contributed by atoms with van der Waals surface area (Å²) in [5, 5.41) is 3.67. The molecule has 2 rings (SSSR count). The van der Waals surface area contributed by atoms with Crippen LogP contribution < -0.4 is 5.32 Å². The molecular formula is C14H17BrClNO. The fourth-order valence-corrected chi connectivity index (χ4v) is 3.09. The second kappa shape index (κ2) is 5.22. The minimum Gasteiger partial charge on any atom is -0.349 e. The SMILES string of the molecule is CC1(C)CCC(NC(=O)c2cc(Cl)ccc2Br)C1. The monoisotopic (exact) mass is 329 g/mol. The first-order chi connectivity index (χ1) is 8.37. The van der Waals surface area contributed by atoms with Crippen LogP contribution in [0.3, 0.4) is 0 Å². The van der Waals surface area contributed by atoms with Crippen LogP contribution in [-0.2, 0) is 0 Å². The highest BCUT2D eigenvalue weighted by molar-refractivity contribution is 9.10. The van der Waals surface area contributed by atoms with Crippen molar-refractivity contribution >= 4 is 33.4 Å². The van der Waals surface area contributed by atoms with E-state index in [1.807, 2.05) is 0 Å². The van der Waals surface area contributed by atoms with Gasteiger partial charge in [0.15, 0.2) is 0 Å². The van der Waals surface area contributed by atoms with E-state index in [0.717, 1.165) is 23.7 Å². The maximum Gasteiger partial charge on any atom is 0.252 e. The summed E-state index contributed by atoms with van der Waals surface area (Å²) >= 11 is 9.31. The average Bonchev–Trinajstić information content (AvgIpc) is 2.61. The highest BCUT2D eigenvalue weighted by Gasteiger charge is 2.31. The lowest BCUT2D eigenvalue weighted by Crippen LogP contribution is -2.33. The topological polar surface area (TPSA) is 29.1 Å². The molecule has 1 atom stereocenters. The van der Waals surface area contributed by atoms with Gasteiger partial charge in [-0.3, -0.25) is 4.79 Å². The van der Waals surface area contributed by atoms with E-state index in [4.69, 9.17) is 11.6 Å². The molecule has 1 aliphatic carbocycles. The number of amides is 1. The number of hydrogen-bond donors (Lipinski definition) is 1. The minimum absolute atomic E-state index is 0.0490. The first kappa shape index (κ1) is 13.9. The molecule has 98 valence electrons. The van der Waals surface area contributed by atoms with Gasteiger partial charge in [0.05, 0.1) is 5.56 Å². The van der Waals surface area contributed by atoms with Gasteiger partial charge in [0, 0.05) is 15.5 Å². The van der Waals surface area contributed by atoms with Gasteiger partial charge in [-0.2, -0.15) is 0 Å². The zero-order valence-corrected chi connectivity index (χ0v) is 12.9. The zero-order chi connectivity index (χ0) is 13.3. The van der Waals surface area contributed by atoms with Gasteiger partial charge < -0.3 is 5.32 Å². The summed E-state index contributed by atoms with van der Waals surface area (Å²) in [6.45, 7) is 4.49. The molecule has 0 aromatic heterocycles. The maximum absolute atomic E-state index is 12.2. The molecular weight excluding hydrogens is 314 g/mol. The molecule has 1 saturated carbocycles. The normalized spacial score (nSPS) is 21.9. The summed E-state index contributed by atoms with van der Waals surface area (Å²) in [4.78, 5) is 12.2. The molecule has 0 aliphatic heterocycles. The number of carbonyl (C=O) groups is 1. The minimum atomic E-state index is -0.0490. The Kier molecular flexibility index (Phi) is 4.02. The molecule has 1 unspecified atom stereocenters. The van der Waals surface area contributed by atoms with Gasteiger partial charge in [-0.05, 0) is 58.8 Å². The molecule has 1 aliphatic rings. The van der Waals surface area contributed by atoms with Crippen molar-refractivity contribution in [1.29, 1.82) is 0 Å². The standard InChI is InChI=1S/C14H17BrClNO/c1-14(2)6-5-10(8-14)17-13(18)11-7-9(16)3-4-12(11)15/h3-4,7,10H,5-6,8H2,1-2H3,(H,17,18). The van der Waals surface area contributed by atoms with Crippen molar-refractivity contribution in [2.45, 2.75) is 39.2 Å². The fraction of sp³-hybridized carbons (Fsp3) is 0.500. The summed E-state index contributed by atoms with van der Waals surface area (Å²) in [5.74, 6) is -0.0490.